The van der Waals surface area contributed by atoms with Crippen LogP contribution in [0.4, 0.5) is 8.78 Å². The van der Waals surface area contributed by atoms with E-state index in [0.29, 0.717) is 11.7 Å². The molecular weight excluding hydrogens is 434 g/mol. The molecule has 186 valence electrons. The summed E-state index contributed by atoms with van der Waals surface area (Å²) in [6.45, 7) is -0.628. The summed E-state index contributed by atoms with van der Waals surface area (Å²) in [5.41, 5.74) is 1.59. The first-order chi connectivity index (χ1) is 16.5. The lowest BCUT2D eigenvalue weighted by Gasteiger charge is -2.29. The highest BCUT2D eigenvalue weighted by atomic mass is 19.3. The minimum absolute atomic E-state index is 0.00744. The van der Waals surface area contributed by atoms with E-state index in [1.165, 1.54) is 107 Å². The maximum Gasteiger partial charge on any atom is 0.387 e. The van der Waals surface area contributed by atoms with Gasteiger partial charge in [0, 0.05) is 0 Å². The molecule has 1 aliphatic carbocycles. The van der Waals surface area contributed by atoms with Crippen LogP contribution in [0.5, 0.6) is 11.5 Å². The van der Waals surface area contributed by atoms with Gasteiger partial charge in [-0.3, -0.25) is 0 Å². The quantitative estimate of drug-likeness (QED) is 0.166. The predicted octanol–water partition coefficient (Wildman–Crippen LogP) is 8.92. The molecule has 0 aromatic heterocycles. The van der Waals surface area contributed by atoms with Gasteiger partial charge in [-0.15, -0.1) is 0 Å². The number of ether oxygens (including phenoxy) is 2. The zero-order chi connectivity index (χ0) is 24.2. The molecule has 0 atom stereocenters. The number of carbonyl (C=O) groups excluding carboxylic acids is 1. The second-order valence-corrected chi connectivity index (χ2v) is 9.49. The number of rotatable bonds is 13. The number of esters is 1. The number of hydrogen-bond acceptors (Lipinski definition) is 3. The smallest absolute Gasteiger partial charge is 0.387 e. The molecule has 2 aromatic carbocycles. The van der Waals surface area contributed by atoms with Gasteiger partial charge in [-0.25, -0.2) is 4.79 Å². The van der Waals surface area contributed by atoms with Crippen molar-refractivity contribution in [2.75, 3.05) is 0 Å². The van der Waals surface area contributed by atoms with Gasteiger partial charge in [0.05, 0.1) is 5.56 Å². The van der Waals surface area contributed by atoms with E-state index in [-0.39, 0.29) is 11.3 Å². The summed E-state index contributed by atoms with van der Waals surface area (Å²) in [5.74, 6) is 1.42. The van der Waals surface area contributed by atoms with Gasteiger partial charge in [0.2, 0.25) is 0 Å². The third-order valence-electron chi connectivity index (χ3n) is 6.94. The molecule has 0 saturated heterocycles. The van der Waals surface area contributed by atoms with Crippen LogP contribution in [0.3, 0.4) is 0 Å². The highest BCUT2D eigenvalue weighted by molar-refractivity contribution is 5.91. The van der Waals surface area contributed by atoms with E-state index in [1.807, 2.05) is 12.1 Å². The first-order valence-electron chi connectivity index (χ1n) is 12.9. The number of hydrogen-bond donors (Lipinski definition) is 0. The van der Waals surface area contributed by atoms with Gasteiger partial charge in [-0.05, 0) is 79.5 Å². The molecule has 0 heterocycles. The van der Waals surface area contributed by atoms with Crippen LogP contribution in [0.2, 0.25) is 0 Å². The van der Waals surface area contributed by atoms with Gasteiger partial charge in [0.25, 0.3) is 0 Å². The second-order valence-electron chi connectivity index (χ2n) is 9.49. The van der Waals surface area contributed by atoms with Crippen LogP contribution in [0, 0.1) is 5.92 Å². The molecule has 1 fully saturated rings. The fourth-order valence-electron chi connectivity index (χ4n) is 4.92. The zero-order valence-electron chi connectivity index (χ0n) is 20.3. The molecule has 1 aliphatic rings. The summed E-state index contributed by atoms with van der Waals surface area (Å²) in [5, 5.41) is 0. The van der Waals surface area contributed by atoms with Crippen LogP contribution in [0.15, 0.2) is 48.5 Å². The number of unbranched alkanes of at least 4 members (excludes halogenated alkanes) is 6. The summed E-state index contributed by atoms with van der Waals surface area (Å²) in [6, 6.07) is 13.3. The van der Waals surface area contributed by atoms with Crippen molar-refractivity contribution < 1.29 is 23.0 Å². The van der Waals surface area contributed by atoms with E-state index < -0.39 is 12.6 Å². The highest BCUT2D eigenvalue weighted by Crippen LogP contribution is 2.38. The first-order valence-corrected chi connectivity index (χ1v) is 12.9. The summed E-state index contributed by atoms with van der Waals surface area (Å²) in [6.07, 6.45) is 16.1. The standard InChI is InChI=1S/C29H38F2O3/c1-2-3-4-5-6-7-8-9-22-10-12-23(13-11-22)24-14-18-26(19-15-24)33-28(32)25-16-20-27(21-17-25)34-29(30)31/h14-23,29H,2-13H2,1H3/t22-,23-. The molecule has 2 aromatic rings. The van der Waals surface area contributed by atoms with Crippen LogP contribution < -0.4 is 9.47 Å². The Hall–Kier alpha value is -2.43. The molecule has 3 nitrogen and oxygen atoms in total. The number of benzene rings is 2. The zero-order valence-corrected chi connectivity index (χ0v) is 20.3. The Balaban J connectivity index is 1.38. The van der Waals surface area contributed by atoms with Gasteiger partial charge in [-0.2, -0.15) is 8.78 Å². The van der Waals surface area contributed by atoms with Crippen LogP contribution >= 0.6 is 0 Å². The molecule has 0 unspecified atom stereocenters. The molecule has 0 bridgehead atoms. The lowest BCUT2D eigenvalue weighted by Crippen LogP contribution is -2.13. The summed E-state index contributed by atoms with van der Waals surface area (Å²) in [4.78, 5) is 12.3. The fraction of sp³-hybridized carbons (Fsp3) is 0.552. The van der Waals surface area contributed by atoms with Gasteiger partial charge >= 0.3 is 12.6 Å². The fourth-order valence-corrected chi connectivity index (χ4v) is 4.92. The Morgan fingerprint density at radius 2 is 1.41 bits per heavy atom. The summed E-state index contributed by atoms with van der Waals surface area (Å²) >= 11 is 0. The van der Waals surface area contributed by atoms with Crippen LogP contribution in [-0.4, -0.2) is 12.6 Å². The van der Waals surface area contributed by atoms with E-state index >= 15 is 0 Å². The van der Waals surface area contributed by atoms with Gasteiger partial charge in [0.1, 0.15) is 11.5 Å². The van der Waals surface area contributed by atoms with Gasteiger partial charge < -0.3 is 9.47 Å². The van der Waals surface area contributed by atoms with Crippen molar-refractivity contribution >= 4 is 5.97 Å². The van der Waals surface area contributed by atoms with E-state index in [2.05, 4.69) is 23.8 Å². The first kappa shape index (κ1) is 26.2. The Morgan fingerprint density at radius 1 is 0.824 bits per heavy atom. The number of carbonyl (C=O) groups is 1. The maximum absolute atomic E-state index is 12.3. The molecule has 0 amide bonds. The molecule has 5 heteroatoms. The summed E-state index contributed by atoms with van der Waals surface area (Å²) < 4.78 is 34.2. The average Bonchev–Trinajstić information content (AvgIpc) is 2.84. The summed E-state index contributed by atoms with van der Waals surface area (Å²) in [7, 11) is 0. The Kier molecular flexibility index (Phi) is 10.8. The normalized spacial score (nSPS) is 18.1. The second kappa shape index (κ2) is 14.1. The number of alkyl halides is 2. The van der Waals surface area contributed by atoms with Crippen molar-refractivity contribution in [3.05, 3.63) is 59.7 Å². The number of halogens is 2. The largest absolute Gasteiger partial charge is 0.435 e. The molecule has 0 aliphatic heterocycles. The van der Waals surface area contributed by atoms with Crippen molar-refractivity contribution in [2.45, 2.75) is 96.5 Å². The van der Waals surface area contributed by atoms with Gasteiger partial charge in [-0.1, -0.05) is 70.4 Å². The lowest BCUT2D eigenvalue weighted by atomic mass is 9.77. The van der Waals surface area contributed by atoms with Crippen molar-refractivity contribution in [2.24, 2.45) is 5.92 Å². The van der Waals surface area contributed by atoms with Crippen molar-refractivity contribution in [3.8, 4) is 11.5 Å². The molecule has 3 rings (SSSR count). The van der Waals surface area contributed by atoms with Crippen LogP contribution in [0.1, 0.15) is 106 Å². The van der Waals surface area contributed by atoms with Crippen LogP contribution in [-0.2, 0) is 0 Å². The predicted molar refractivity (Wildman–Crippen MR) is 132 cm³/mol. The van der Waals surface area contributed by atoms with Crippen molar-refractivity contribution in [1.82, 2.24) is 0 Å². The van der Waals surface area contributed by atoms with Crippen molar-refractivity contribution in [3.63, 3.8) is 0 Å². The Morgan fingerprint density at radius 3 is 2.03 bits per heavy atom. The molecule has 0 spiro atoms. The van der Waals surface area contributed by atoms with E-state index in [4.69, 9.17) is 4.74 Å². The van der Waals surface area contributed by atoms with Crippen molar-refractivity contribution in [1.29, 1.82) is 0 Å². The van der Waals surface area contributed by atoms with E-state index in [1.54, 1.807) is 0 Å². The lowest BCUT2D eigenvalue weighted by molar-refractivity contribution is -0.0498. The highest BCUT2D eigenvalue weighted by Gasteiger charge is 2.22. The molecule has 1 saturated carbocycles. The van der Waals surface area contributed by atoms with Crippen LogP contribution in [0.25, 0.3) is 0 Å². The SMILES string of the molecule is CCCCCCCCC[C@H]1CC[C@H](c2ccc(OC(=O)c3ccc(OC(F)F)cc3)cc2)CC1. The van der Waals surface area contributed by atoms with E-state index in [0.717, 1.165) is 5.92 Å². The monoisotopic (exact) mass is 472 g/mol. The topological polar surface area (TPSA) is 35.5 Å². The molecule has 34 heavy (non-hydrogen) atoms. The molecular formula is C29H38F2O3. The molecule has 0 radical (unpaired) electrons. The Labute approximate surface area is 202 Å². The molecule has 0 N–H and O–H groups in total. The third-order valence-corrected chi connectivity index (χ3v) is 6.94. The van der Waals surface area contributed by atoms with Gasteiger partial charge in [0.15, 0.2) is 0 Å². The minimum atomic E-state index is -2.89. The Bertz CT molecular complexity index is 841. The minimum Gasteiger partial charge on any atom is -0.435 e. The maximum atomic E-state index is 12.3. The average molecular weight is 473 g/mol. The van der Waals surface area contributed by atoms with E-state index in [9.17, 15) is 13.6 Å². The third kappa shape index (κ3) is 8.73.